The van der Waals surface area contributed by atoms with E-state index in [1.165, 1.54) is 12.4 Å². The Morgan fingerprint density at radius 1 is 0.654 bits per heavy atom. The molecule has 0 fully saturated rings. The topological polar surface area (TPSA) is 106 Å². The summed E-state index contributed by atoms with van der Waals surface area (Å²) >= 11 is 0. The zero-order chi connectivity index (χ0) is 18.3. The number of aromatic amines is 2. The lowest BCUT2D eigenvalue weighted by molar-refractivity contribution is -0.132. The number of hydrogen-bond donors (Lipinski definition) is 4. The fourth-order valence-electron chi connectivity index (χ4n) is 3.27. The van der Waals surface area contributed by atoms with Crippen LogP contribution in [-0.2, 0) is 9.59 Å². The predicted octanol–water partition coefficient (Wildman–Crippen LogP) is 3.73. The van der Waals surface area contributed by atoms with Crippen LogP contribution in [0.25, 0.3) is 33.0 Å². The molecule has 0 aliphatic heterocycles. The van der Waals surface area contributed by atoms with Gasteiger partial charge >= 0.3 is 11.9 Å². The Hall–Kier alpha value is -3.80. The van der Waals surface area contributed by atoms with E-state index in [1.54, 1.807) is 24.3 Å². The van der Waals surface area contributed by atoms with Crippen molar-refractivity contribution < 1.29 is 19.8 Å². The maximum absolute atomic E-state index is 12.1. The highest BCUT2D eigenvalue weighted by Gasteiger charge is 2.27. The number of hydrogen-bond acceptors (Lipinski definition) is 2. The van der Waals surface area contributed by atoms with Gasteiger partial charge in [-0.25, -0.2) is 9.59 Å². The Bertz CT molecular complexity index is 1100. The SMILES string of the molecule is O=C(O)/C(=C(\C(=O)O)c1c[nH]c2ccccc12)c1c[nH]c2ccccc12. The van der Waals surface area contributed by atoms with E-state index in [9.17, 15) is 19.8 Å². The summed E-state index contributed by atoms with van der Waals surface area (Å²) in [5, 5.41) is 21.0. The van der Waals surface area contributed by atoms with Crippen LogP contribution in [0, 0.1) is 0 Å². The fourth-order valence-corrected chi connectivity index (χ4v) is 3.27. The van der Waals surface area contributed by atoms with Crippen molar-refractivity contribution in [3.05, 3.63) is 72.1 Å². The molecule has 128 valence electrons. The summed E-state index contributed by atoms with van der Waals surface area (Å²) in [4.78, 5) is 30.1. The number of carboxylic acids is 2. The van der Waals surface area contributed by atoms with Crippen molar-refractivity contribution in [2.45, 2.75) is 0 Å². The smallest absolute Gasteiger partial charge is 0.337 e. The number of aromatic nitrogens is 2. The van der Waals surface area contributed by atoms with E-state index >= 15 is 0 Å². The van der Waals surface area contributed by atoms with Gasteiger partial charge in [-0.05, 0) is 12.1 Å². The number of nitrogens with one attached hydrogen (secondary N) is 2. The molecular weight excluding hydrogens is 332 g/mol. The molecule has 0 atom stereocenters. The van der Waals surface area contributed by atoms with Crippen LogP contribution >= 0.6 is 0 Å². The number of rotatable bonds is 4. The molecule has 0 radical (unpaired) electrons. The molecule has 6 heteroatoms. The van der Waals surface area contributed by atoms with Gasteiger partial charge in [-0.2, -0.15) is 0 Å². The van der Waals surface area contributed by atoms with Gasteiger partial charge in [0.1, 0.15) is 0 Å². The molecule has 4 rings (SSSR count). The predicted molar refractivity (Wildman–Crippen MR) is 98.7 cm³/mol. The van der Waals surface area contributed by atoms with Crippen molar-refractivity contribution in [1.29, 1.82) is 0 Å². The van der Waals surface area contributed by atoms with Gasteiger partial charge in [0, 0.05) is 45.3 Å². The summed E-state index contributed by atoms with van der Waals surface area (Å²) in [6.45, 7) is 0. The van der Waals surface area contributed by atoms with Crippen LogP contribution in [0.1, 0.15) is 11.1 Å². The number of carbonyl (C=O) groups is 2. The third kappa shape index (κ3) is 2.36. The van der Waals surface area contributed by atoms with Gasteiger partial charge in [-0.3, -0.25) is 0 Å². The first-order valence-electron chi connectivity index (χ1n) is 7.91. The minimum absolute atomic E-state index is 0.250. The molecule has 2 heterocycles. The zero-order valence-electron chi connectivity index (χ0n) is 13.5. The fraction of sp³-hybridized carbons (Fsp3) is 0. The number of aliphatic carboxylic acids is 2. The maximum Gasteiger partial charge on any atom is 0.337 e. The third-order valence-electron chi connectivity index (χ3n) is 4.39. The van der Waals surface area contributed by atoms with Crippen molar-refractivity contribution >= 4 is 44.9 Å². The summed E-state index contributed by atoms with van der Waals surface area (Å²) in [7, 11) is 0. The Kier molecular flexibility index (Phi) is 3.58. The van der Waals surface area contributed by atoms with Crippen LogP contribution in [0.2, 0.25) is 0 Å². The standard InChI is InChI=1S/C20H14N2O4/c23-19(24)17(13-9-21-15-7-3-1-5-11(13)15)18(20(25)26)14-10-22-16-8-4-2-6-12(14)16/h1-10,21-22H,(H,23,24)(H,25,26)/b18-17-. The van der Waals surface area contributed by atoms with Crippen molar-refractivity contribution in [3.63, 3.8) is 0 Å². The largest absolute Gasteiger partial charge is 0.478 e. The number of benzene rings is 2. The second-order valence-corrected chi connectivity index (χ2v) is 5.86. The molecule has 0 unspecified atom stereocenters. The summed E-state index contributed by atoms with van der Waals surface area (Å²) in [6.07, 6.45) is 3.07. The highest BCUT2D eigenvalue weighted by Crippen LogP contribution is 2.34. The molecular formula is C20H14N2O4. The minimum Gasteiger partial charge on any atom is -0.478 e. The first-order valence-corrected chi connectivity index (χ1v) is 7.91. The van der Waals surface area contributed by atoms with Gasteiger partial charge in [0.05, 0.1) is 11.1 Å². The zero-order valence-corrected chi connectivity index (χ0v) is 13.5. The van der Waals surface area contributed by atoms with Gasteiger partial charge < -0.3 is 20.2 Å². The maximum atomic E-state index is 12.1. The average molecular weight is 346 g/mol. The number of fused-ring (bicyclic) bond motifs is 2. The van der Waals surface area contributed by atoms with Crippen molar-refractivity contribution in [1.82, 2.24) is 9.97 Å². The number of H-pyrrole nitrogens is 2. The third-order valence-corrected chi connectivity index (χ3v) is 4.39. The summed E-state index contributed by atoms with van der Waals surface area (Å²) in [6, 6.07) is 14.4. The molecule has 0 amide bonds. The van der Waals surface area contributed by atoms with E-state index in [-0.39, 0.29) is 11.1 Å². The Morgan fingerprint density at radius 2 is 1.04 bits per heavy atom. The van der Waals surface area contributed by atoms with E-state index in [0.717, 1.165) is 11.0 Å². The van der Waals surface area contributed by atoms with Crippen LogP contribution in [0.4, 0.5) is 0 Å². The van der Waals surface area contributed by atoms with Gasteiger partial charge in [0.15, 0.2) is 0 Å². The summed E-state index contributed by atoms with van der Waals surface area (Å²) in [5.74, 6) is -2.59. The van der Waals surface area contributed by atoms with E-state index in [0.29, 0.717) is 21.9 Å². The van der Waals surface area contributed by atoms with Crippen molar-refractivity contribution in [2.24, 2.45) is 0 Å². The Balaban J connectivity index is 2.09. The molecule has 2 aromatic carbocycles. The number of para-hydroxylation sites is 2. The lowest BCUT2D eigenvalue weighted by Gasteiger charge is -2.08. The molecule has 0 bridgehead atoms. The Labute approximate surface area is 147 Å². The molecule has 0 saturated heterocycles. The summed E-state index contributed by atoms with van der Waals surface area (Å²) < 4.78 is 0. The molecule has 26 heavy (non-hydrogen) atoms. The Morgan fingerprint density at radius 3 is 1.42 bits per heavy atom. The molecule has 2 aromatic heterocycles. The lowest BCUT2D eigenvalue weighted by atomic mass is 9.94. The van der Waals surface area contributed by atoms with E-state index in [2.05, 4.69) is 9.97 Å². The monoisotopic (exact) mass is 346 g/mol. The summed E-state index contributed by atoms with van der Waals surface area (Å²) in [5.41, 5.74) is 1.67. The molecule has 0 aliphatic rings. The van der Waals surface area contributed by atoms with Gasteiger partial charge in [0.2, 0.25) is 0 Å². The lowest BCUT2D eigenvalue weighted by Crippen LogP contribution is -2.09. The molecule has 4 N–H and O–H groups in total. The second kappa shape index (κ2) is 5.93. The highest BCUT2D eigenvalue weighted by atomic mass is 16.4. The first-order chi connectivity index (χ1) is 12.6. The normalized spacial score (nSPS) is 12.3. The van der Waals surface area contributed by atoms with Crippen LogP contribution in [-0.4, -0.2) is 32.1 Å². The van der Waals surface area contributed by atoms with E-state index in [1.807, 2.05) is 24.3 Å². The quantitative estimate of drug-likeness (QED) is 0.422. The molecule has 4 aromatic rings. The molecule has 0 aliphatic carbocycles. The highest BCUT2D eigenvalue weighted by molar-refractivity contribution is 6.39. The van der Waals surface area contributed by atoms with E-state index in [4.69, 9.17) is 0 Å². The van der Waals surface area contributed by atoms with Crippen LogP contribution in [0.5, 0.6) is 0 Å². The van der Waals surface area contributed by atoms with Crippen molar-refractivity contribution in [3.8, 4) is 0 Å². The van der Waals surface area contributed by atoms with Crippen molar-refractivity contribution in [2.75, 3.05) is 0 Å². The van der Waals surface area contributed by atoms with Crippen LogP contribution in [0.3, 0.4) is 0 Å². The van der Waals surface area contributed by atoms with Gasteiger partial charge in [0.25, 0.3) is 0 Å². The van der Waals surface area contributed by atoms with E-state index < -0.39 is 11.9 Å². The first kappa shape index (κ1) is 15.7. The minimum atomic E-state index is -1.29. The molecule has 0 spiro atoms. The average Bonchev–Trinajstić information content (AvgIpc) is 3.23. The second-order valence-electron chi connectivity index (χ2n) is 5.86. The van der Waals surface area contributed by atoms with Crippen LogP contribution < -0.4 is 0 Å². The van der Waals surface area contributed by atoms with Gasteiger partial charge in [-0.15, -0.1) is 0 Å². The molecule has 0 saturated carbocycles. The number of carboxylic acid groups (broad SMARTS) is 2. The van der Waals surface area contributed by atoms with Crippen LogP contribution in [0.15, 0.2) is 60.9 Å². The van der Waals surface area contributed by atoms with Gasteiger partial charge in [-0.1, -0.05) is 36.4 Å². The molecule has 6 nitrogen and oxygen atoms in total.